The van der Waals surface area contributed by atoms with E-state index in [2.05, 4.69) is 5.32 Å². The third kappa shape index (κ3) is 2.48. The average molecular weight is 251 g/mol. The highest BCUT2D eigenvalue weighted by atomic mass is 16.5. The summed E-state index contributed by atoms with van der Waals surface area (Å²) < 4.78 is 6.13. The molecule has 1 N–H and O–H groups in total. The van der Waals surface area contributed by atoms with Crippen molar-refractivity contribution in [3.63, 3.8) is 0 Å². The van der Waals surface area contributed by atoms with Crippen LogP contribution < -0.4 is 5.32 Å². The second-order valence-corrected chi connectivity index (χ2v) is 6.37. The molecule has 0 radical (unpaired) electrons. The maximum Gasteiger partial charge on any atom is 0.138 e. The van der Waals surface area contributed by atoms with E-state index >= 15 is 0 Å². The van der Waals surface area contributed by atoms with E-state index in [1.165, 1.54) is 32.1 Å². The fourth-order valence-electron chi connectivity index (χ4n) is 4.15. The lowest BCUT2D eigenvalue weighted by molar-refractivity contribution is -0.140. The van der Waals surface area contributed by atoms with Crippen LogP contribution in [-0.2, 0) is 9.53 Å². The van der Waals surface area contributed by atoms with E-state index in [0.29, 0.717) is 11.7 Å². The largest absolute Gasteiger partial charge is 0.375 e. The van der Waals surface area contributed by atoms with Gasteiger partial charge in [0.05, 0.1) is 5.60 Å². The van der Waals surface area contributed by atoms with E-state index in [4.69, 9.17) is 4.74 Å². The minimum absolute atomic E-state index is 0.138. The first-order valence-electron chi connectivity index (χ1n) is 7.66. The molecule has 3 rings (SSSR count). The number of piperidine rings is 1. The zero-order chi connectivity index (χ0) is 12.4. The first-order valence-corrected chi connectivity index (χ1v) is 7.66. The van der Waals surface area contributed by atoms with Crippen LogP contribution in [0.4, 0.5) is 0 Å². The molecule has 18 heavy (non-hydrogen) atoms. The number of Topliss-reactive ketones (excluding diaryl/α,β-unsaturated/α-hetero) is 1. The van der Waals surface area contributed by atoms with Crippen molar-refractivity contribution in [2.24, 2.45) is 11.8 Å². The summed E-state index contributed by atoms with van der Waals surface area (Å²) in [5, 5.41) is 3.39. The average Bonchev–Trinajstić information content (AvgIpc) is 2.40. The fourth-order valence-corrected chi connectivity index (χ4v) is 4.15. The van der Waals surface area contributed by atoms with Gasteiger partial charge in [0.15, 0.2) is 0 Å². The van der Waals surface area contributed by atoms with Crippen molar-refractivity contribution in [2.45, 2.75) is 57.0 Å². The molecule has 2 aliphatic heterocycles. The highest BCUT2D eigenvalue weighted by Gasteiger charge is 2.42. The Morgan fingerprint density at radius 1 is 1.22 bits per heavy atom. The predicted molar refractivity (Wildman–Crippen MR) is 70.5 cm³/mol. The van der Waals surface area contributed by atoms with Gasteiger partial charge in [0, 0.05) is 32.0 Å². The third-order valence-electron chi connectivity index (χ3n) is 5.19. The standard InChI is InChI=1S/C15H25NO2/c17-14-4-8-16-11-13(14)12-5-9-18-15(10-12)6-2-1-3-7-15/h12-13,16H,1-11H2. The molecule has 0 bridgehead atoms. The molecule has 0 aromatic rings. The molecule has 1 spiro atoms. The van der Waals surface area contributed by atoms with Gasteiger partial charge in [0.25, 0.3) is 0 Å². The van der Waals surface area contributed by atoms with E-state index in [1.54, 1.807) is 0 Å². The van der Waals surface area contributed by atoms with Gasteiger partial charge >= 0.3 is 0 Å². The summed E-state index contributed by atoms with van der Waals surface area (Å²) in [6.07, 6.45) is 9.36. The number of hydrogen-bond donors (Lipinski definition) is 1. The minimum atomic E-state index is 0.138. The Morgan fingerprint density at radius 3 is 2.83 bits per heavy atom. The zero-order valence-electron chi connectivity index (χ0n) is 11.2. The van der Waals surface area contributed by atoms with Crippen molar-refractivity contribution in [3.8, 4) is 0 Å². The van der Waals surface area contributed by atoms with Crippen LogP contribution in [0.5, 0.6) is 0 Å². The lowest BCUT2D eigenvalue weighted by Gasteiger charge is -2.45. The van der Waals surface area contributed by atoms with Gasteiger partial charge in [0.1, 0.15) is 5.78 Å². The van der Waals surface area contributed by atoms with E-state index in [-0.39, 0.29) is 11.5 Å². The monoisotopic (exact) mass is 251 g/mol. The molecule has 1 saturated carbocycles. The molecule has 3 nitrogen and oxygen atoms in total. The Bertz CT molecular complexity index is 304. The van der Waals surface area contributed by atoms with Gasteiger partial charge < -0.3 is 10.1 Å². The molecule has 102 valence electrons. The second-order valence-electron chi connectivity index (χ2n) is 6.37. The van der Waals surface area contributed by atoms with Gasteiger partial charge in [-0.25, -0.2) is 0 Å². The SMILES string of the molecule is O=C1CCNCC1C1CCOC2(CCCCC2)C1. The van der Waals surface area contributed by atoms with Gasteiger partial charge in [0.2, 0.25) is 0 Å². The van der Waals surface area contributed by atoms with Crippen LogP contribution in [0.15, 0.2) is 0 Å². The number of rotatable bonds is 1. The zero-order valence-corrected chi connectivity index (χ0v) is 11.2. The molecule has 0 aromatic heterocycles. The number of carbonyl (C=O) groups excluding carboxylic acids is 1. The van der Waals surface area contributed by atoms with Gasteiger partial charge in [-0.1, -0.05) is 19.3 Å². The Balaban J connectivity index is 1.67. The molecule has 2 unspecified atom stereocenters. The first kappa shape index (κ1) is 12.6. The van der Waals surface area contributed by atoms with Gasteiger partial charge in [-0.2, -0.15) is 0 Å². The molecule has 2 heterocycles. The van der Waals surface area contributed by atoms with E-state index in [0.717, 1.165) is 39.0 Å². The van der Waals surface area contributed by atoms with Crippen LogP contribution >= 0.6 is 0 Å². The van der Waals surface area contributed by atoms with Crippen LogP contribution in [0.2, 0.25) is 0 Å². The second kappa shape index (κ2) is 5.30. The smallest absolute Gasteiger partial charge is 0.138 e. The summed E-state index contributed by atoms with van der Waals surface area (Å²) in [4.78, 5) is 12.1. The van der Waals surface area contributed by atoms with Crippen molar-refractivity contribution in [1.82, 2.24) is 5.32 Å². The molecule has 3 fully saturated rings. The fraction of sp³-hybridized carbons (Fsp3) is 0.933. The van der Waals surface area contributed by atoms with E-state index < -0.39 is 0 Å². The van der Waals surface area contributed by atoms with Crippen molar-refractivity contribution in [1.29, 1.82) is 0 Å². The number of ketones is 1. The Hall–Kier alpha value is -0.410. The minimum Gasteiger partial charge on any atom is -0.375 e. The summed E-state index contributed by atoms with van der Waals surface area (Å²) in [5.41, 5.74) is 0.138. The number of hydrogen-bond acceptors (Lipinski definition) is 3. The highest BCUT2D eigenvalue weighted by Crippen LogP contribution is 2.43. The van der Waals surface area contributed by atoms with Crippen LogP contribution in [-0.4, -0.2) is 31.1 Å². The normalized spacial score (nSPS) is 36.8. The number of nitrogens with one attached hydrogen (secondary N) is 1. The lowest BCUT2D eigenvalue weighted by Crippen LogP contribution is -2.48. The summed E-state index contributed by atoms with van der Waals surface area (Å²) >= 11 is 0. The Labute approximate surface area is 110 Å². The maximum atomic E-state index is 12.1. The summed E-state index contributed by atoms with van der Waals surface area (Å²) in [5.74, 6) is 1.32. The third-order valence-corrected chi connectivity index (χ3v) is 5.19. The van der Waals surface area contributed by atoms with Gasteiger partial charge in [-0.3, -0.25) is 4.79 Å². The van der Waals surface area contributed by atoms with Crippen molar-refractivity contribution >= 4 is 5.78 Å². The molecule has 2 saturated heterocycles. The van der Waals surface area contributed by atoms with Crippen LogP contribution in [0, 0.1) is 11.8 Å². The Morgan fingerprint density at radius 2 is 2.06 bits per heavy atom. The predicted octanol–water partition coefficient (Wildman–Crippen LogP) is 2.29. The lowest BCUT2D eigenvalue weighted by atomic mass is 9.71. The quantitative estimate of drug-likeness (QED) is 0.777. The maximum absolute atomic E-state index is 12.1. The Kier molecular flexibility index (Phi) is 3.71. The first-order chi connectivity index (χ1) is 8.79. The van der Waals surface area contributed by atoms with Crippen molar-refractivity contribution in [3.05, 3.63) is 0 Å². The van der Waals surface area contributed by atoms with Crippen molar-refractivity contribution in [2.75, 3.05) is 19.7 Å². The molecule has 3 aliphatic rings. The molecule has 1 aliphatic carbocycles. The van der Waals surface area contributed by atoms with E-state index in [1.807, 2.05) is 0 Å². The highest BCUT2D eigenvalue weighted by molar-refractivity contribution is 5.82. The van der Waals surface area contributed by atoms with Crippen LogP contribution in [0.3, 0.4) is 0 Å². The van der Waals surface area contributed by atoms with Gasteiger partial charge in [-0.15, -0.1) is 0 Å². The molecule has 0 amide bonds. The van der Waals surface area contributed by atoms with Crippen LogP contribution in [0.25, 0.3) is 0 Å². The molecular weight excluding hydrogens is 226 g/mol. The molecule has 0 aromatic carbocycles. The van der Waals surface area contributed by atoms with E-state index in [9.17, 15) is 4.79 Å². The van der Waals surface area contributed by atoms with Crippen LogP contribution in [0.1, 0.15) is 51.4 Å². The molecule has 3 heteroatoms. The number of carbonyl (C=O) groups is 1. The number of ether oxygens (including phenoxy) is 1. The van der Waals surface area contributed by atoms with Crippen molar-refractivity contribution < 1.29 is 9.53 Å². The summed E-state index contributed by atoms with van der Waals surface area (Å²) in [7, 11) is 0. The molecular formula is C15H25NO2. The topological polar surface area (TPSA) is 38.3 Å². The van der Waals surface area contributed by atoms with Gasteiger partial charge in [-0.05, 0) is 31.6 Å². The summed E-state index contributed by atoms with van der Waals surface area (Å²) in [6.45, 7) is 2.65. The molecule has 2 atom stereocenters. The summed E-state index contributed by atoms with van der Waals surface area (Å²) in [6, 6.07) is 0.